The van der Waals surface area contributed by atoms with Crippen LogP contribution in [0.1, 0.15) is 13.8 Å². The first-order chi connectivity index (χ1) is 6.54. The zero-order chi connectivity index (χ0) is 10.4. The molecular formula is C13H15N. The summed E-state index contributed by atoms with van der Waals surface area (Å²) in [5.74, 6) is 0. The molecule has 0 radical (unpaired) electrons. The molecule has 2 unspecified atom stereocenters. The van der Waals surface area contributed by atoms with E-state index in [1.54, 1.807) is 6.08 Å². The average Bonchev–Trinajstić information content (AvgIpc) is 2.52. The van der Waals surface area contributed by atoms with E-state index in [4.69, 9.17) is 5.41 Å². The van der Waals surface area contributed by atoms with Crippen LogP contribution in [0.5, 0.6) is 0 Å². The van der Waals surface area contributed by atoms with Crippen molar-refractivity contribution in [3.8, 4) is 0 Å². The first-order valence-corrected chi connectivity index (χ1v) is 4.85. The van der Waals surface area contributed by atoms with Gasteiger partial charge in [0.05, 0.1) is 0 Å². The second kappa shape index (κ2) is 2.57. The van der Waals surface area contributed by atoms with Crippen LogP contribution in [-0.4, -0.2) is 5.71 Å². The highest BCUT2D eigenvalue weighted by molar-refractivity contribution is 6.04. The molecule has 0 aliphatic heterocycles. The van der Waals surface area contributed by atoms with Crippen LogP contribution in [0.2, 0.25) is 0 Å². The first-order valence-electron chi connectivity index (χ1n) is 4.85. The van der Waals surface area contributed by atoms with Gasteiger partial charge in [0.25, 0.3) is 0 Å². The summed E-state index contributed by atoms with van der Waals surface area (Å²) in [6.07, 6.45) is 12.1. The highest BCUT2D eigenvalue weighted by atomic mass is 14.6. The summed E-state index contributed by atoms with van der Waals surface area (Å²) in [5.41, 5.74) is 1.68. The third kappa shape index (κ3) is 0.822. The maximum atomic E-state index is 8.01. The maximum Gasteiger partial charge on any atom is 0.0462 e. The van der Waals surface area contributed by atoms with E-state index in [1.807, 2.05) is 12.2 Å². The van der Waals surface area contributed by atoms with Gasteiger partial charge in [-0.3, -0.25) is 0 Å². The molecule has 2 rings (SSSR count). The van der Waals surface area contributed by atoms with Gasteiger partial charge in [0.1, 0.15) is 0 Å². The van der Waals surface area contributed by atoms with Crippen LogP contribution in [0.3, 0.4) is 0 Å². The number of rotatable bonds is 1. The Morgan fingerprint density at radius 2 is 1.93 bits per heavy atom. The Labute approximate surface area is 85.0 Å². The fraction of sp³-hybridized carbons (Fsp3) is 0.308. The van der Waals surface area contributed by atoms with Crippen LogP contribution in [-0.2, 0) is 0 Å². The Morgan fingerprint density at radius 3 is 2.57 bits per heavy atom. The number of nitrogens with one attached hydrogen (secondary N) is 1. The van der Waals surface area contributed by atoms with Gasteiger partial charge >= 0.3 is 0 Å². The summed E-state index contributed by atoms with van der Waals surface area (Å²) in [6, 6.07) is 0. The van der Waals surface area contributed by atoms with Crippen molar-refractivity contribution in [3.63, 3.8) is 0 Å². The van der Waals surface area contributed by atoms with Crippen molar-refractivity contribution in [2.45, 2.75) is 13.8 Å². The van der Waals surface area contributed by atoms with E-state index >= 15 is 0 Å². The lowest BCUT2D eigenvalue weighted by Crippen LogP contribution is -2.34. The van der Waals surface area contributed by atoms with Gasteiger partial charge < -0.3 is 5.41 Å². The monoisotopic (exact) mass is 185 g/mol. The zero-order valence-corrected chi connectivity index (χ0v) is 8.67. The molecule has 0 fully saturated rings. The van der Waals surface area contributed by atoms with Crippen LogP contribution in [0.4, 0.5) is 0 Å². The Bertz CT molecular complexity index is 397. The van der Waals surface area contributed by atoms with Gasteiger partial charge in [-0.15, -0.1) is 0 Å². The molecule has 2 aliphatic carbocycles. The SMILES string of the molecule is C=C/C=C1/C=CC2(C)C=CC(=N)C12C. The highest BCUT2D eigenvalue weighted by Gasteiger charge is 2.52. The van der Waals surface area contributed by atoms with Crippen LogP contribution >= 0.6 is 0 Å². The van der Waals surface area contributed by atoms with Crippen molar-refractivity contribution in [1.82, 2.24) is 0 Å². The summed E-state index contributed by atoms with van der Waals surface area (Å²) < 4.78 is 0. The average molecular weight is 185 g/mol. The topological polar surface area (TPSA) is 23.9 Å². The van der Waals surface area contributed by atoms with E-state index < -0.39 is 0 Å². The minimum atomic E-state index is -0.179. The molecule has 0 heterocycles. The Kier molecular flexibility index (Phi) is 1.69. The predicted molar refractivity (Wildman–Crippen MR) is 60.5 cm³/mol. The van der Waals surface area contributed by atoms with E-state index in [-0.39, 0.29) is 10.8 Å². The summed E-state index contributed by atoms with van der Waals surface area (Å²) in [7, 11) is 0. The van der Waals surface area contributed by atoms with Crippen molar-refractivity contribution in [2.75, 3.05) is 0 Å². The van der Waals surface area contributed by atoms with Crippen molar-refractivity contribution in [2.24, 2.45) is 10.8 Å². The minimum Gasteiger partial charge on any atom is -0.304 e. The van der Waals surface area contributed by atoms with Crippen LogP contribution in [0.15, 0.2) is 48.6 Å². The Morgan fingerprint density at radius 1 is 1.29 bits per heavy atom. The quantitative estimate of drug-likeness (QED) is 0.648. The largest absolute Gasteiger partial charge is 0.304 e. The summed E-state index contributed by atoms with van der Waals surface area (Å²) in [6.45, 7) is 8.02. The smallest absolute Gasteiger partial charge is 0.0462 e. The normalized spacial score (nSPS) is 42.1. The van der Waals surface area contributed by atoms with Gasteiger partial charge in [-0.1, -0.05) is 43.9 Å². The second-order valence-corrected chi connectivity index (χ2v) is 4.35. The lowest BCUT2D eigenvalue weighted by molar-refractivity contribution is 0.363. The molecule has 0 spiro atoms. The Balaban J connectivity index is 2.59. The molecule has 2 atom stereocenters. The lowest BCUT2D eigenvalue weighted by Gasteiger charge is -2.35. The molecule has 0 saturated heterocycles. The van der Waals surface area contributed by atoms with Gasteiger partial charge in [0.2, 0.25) is 0 Å². The molecule has 0 aromatic heterocycles. The molecular weight excluding hydrogens is 170 g/mol. The third-order valence-corrected chi connectivity index (χ3v) is 3.70. The van der Waals surface area contributed by atoms with Crippen molar-refractivity contribution >= 4 is 5.71 Å². The number of fused-ring (bicyclic) bond motifs is 1. The Hall–Kier alpha value is -1.37. The summed E-state index contributed by atoms with van der Waals surface area (Å²) in [4.78, 5) is 0. The van der Waals surface area contributed by atoms with E-state index in [2.05, 4.69) is 38.7 Å². The number of hydrogen-bond acceptors (Lipinski definition) is 1. The van der Waals surface area contributed by atoms with E-state index in [1.165, 1.54) is 5.57 Å². The molecule has 0 saturated carbocycles. The van der Waals surface area contributed by atoms with Crippen LogP contribution in [0.25, 0.3) is 0 Å². The lowest BCUT2D eigenvalue weighted by atomic mass is 9.67. The molecule has 0 bridgehead atoms. The van der Waals surface area contributed by atoms with Crippen molar-refractivity contribution in [1.29, 1.82) is 5.41 Å². The molecule has 2 aliphatic rings. The molecule has 14 heavy (non-hydrogen) atoms. The van der Waals surface area contributed by atoms with Gasteiger partial charge in [-0.05, 0) is 18.6 Å². The molecule has 0 amide bonds. The van der Waals surface area contributed by atoms with E-state index in [0.29, 0.717) is 5.71 Å². The zero-order valence-electron chi connectivity index (χ0n) is 8.67. The standard InChI is InChI=1S/C13H15N/c1-4-5-10-6-8-12(2)9-7-11(14)13(10,12)3/h4-9,14H,1H2,2-3H3/b10-5-,14-11?. The van der Waals surface area contributed by atoms with Crippen molar-refractivity contribution in [3.05, 3.63) is 48.6 Å². The summed E-state index contributed by atoms with van der Waals surface area (Å²) >= 11 is 0. The second-order valence-electron chi connectivity index (χ2n) is 4.35. The fourth-order valence-corrected chi connectivity index (χ4v) is 2.35. The molecule has 0 aromatic rings. The molecule has 1 nitrogen and oxygen atoms in total. The van der Waals surface area contributed by atoms with Crippen molar-refractivity contribution < 1.29 is 0 Å². The van der Waals surface area contributed by atoms with E-state index in [9.17, 15) is 0 Å². The summed E-state index contributed by atoms with van der Waals surface area (Å²) in [5, 5.41) is 8.01. The van der Waals surface area contributed by atoms with Gasteiger partial charge in [0.15, 0.2) is 0 Å². The van der Waals surface area contributed by atoms with Crippen LogP contribution in [0, 0.1) is 16.2 Å². The minimum absolute atomic E-state index is 0.0150. The molecule has 1 heteroatoms. The number of allylic oxidation sites excluding steroid dienone is 7. The molecule has 0 aromatic carbocycles. The van der Waals surface area contributed by atoms with Gasteiger partial charge in [0, 0.05) is 16.5 Å². The third-order valence-electron chi connectivity index (χ3n) is 3.70. The highest BCUT2D eigenvalue weighted by Crippen LogP contribution is 2.56. The molecule has 72 valence electrons. The fourth-order valence-electron chi connectivity index (χ4n) is 2.35. The molecule has 1 N–H and O–H groups in total. The number of hydrogen-bond donors (Lipinski definition) is 1. The van der Waals surface area contributed by atoms with Gasteiger partial charge in [-0.25, -0.2) is 0 Å². The van der Waals surface area contributed by atoms with Gasteiger partial charge in [-0.2, -0.15) is 0 Å². The first kappa shape index (κ1) is 9.20. The van der Waals surface area contributed by atoms with Crippen LogP contribution < -0.4 is 0 Å². The maximum absolute atomic E-state index is 8.01. The predicted octanol–water partition coefficient (Wildman–Crippen LogP) is 3.27. The van der Waals surface area contributed by atoms with E-state index in [0.717, 1.165) is 0 Å².